The maximum Gasteiger partial charge on any atom is 0.337 e. The second-order valence-electron chi connectivity index (χ2n) is 0.875. The fourth-order valence-corrected chi connectivity index (χ4v) is 0. The second kappa shape index (κ2) is 0.812. The monoisotopic (exact) mass is 206 g/mol. The molecule has 48 valence electrons. The van der Waals surface area contributed by atoms with Gasteiger partial charge in [-0.2, -0.15) is 0 Å². The third-order valence-corrected chi connectivity index (χ3v) is 0. The van der Waals surface area contributed by atoms with E-state index in [1.165, 1.54) is 0 Å². The molecule has 0 radical (unpaired) electrons. The Morgan fingerprint density at radius 2 is 0.857 bits per heavy atom. The molecule has 0 bridgehead atoms. The Morgan fingerprint density at radius 1 is 0.857 bits per heavy atom. The van der Waals surface area contributed by atoms with Gasteiger partial charge in [0, 0.05) is 0 Å². The van der Waals surface area contributed by atoms with Crippen LogP contribution in [0.25, 0.3) is 0 Å². The molecule has 0 aliphatic carbocycles. The predicted octanol–water partition coefficient (Wildman–Crippen LogP) is 3.59. The van der Waals surface area contributed by atoms with E-state index in [0.717, 1.165) is 0 Å². The second-order valence-corrected chi connectivity index (χ2v) is 6.30. The maximum absolute atomic E-state index is 10.4. The molecule has 0 rings (SSSR count). The highest BCUT2D eigenvalue weighted by Gasteiger charge is 2.60. The average molecular weight is 207 g/mol. The minimum Gasteiger partial charge on any atom is -0.0886 e. The molecule has 0 saturated carbocycles. The van der Waals surface area contributed by atoms with Gasteiger partial charge in [-0.15, -0.1) is 0 Å². The van der Waals surface area contributed by atoms with Gasteiger partial charge in [-0.3, -0.25) is 0 Å². The van der Waals surface area contributed by atoms with Crippen molar-refractivity contribution in [2.75, 3.05) is 0 Å². The first kappa shape index (κ1) is 7.48. The minimum atomic E-state index is -9.16. The topological polar surface area (TPSA) is 0 Å². The normalized spacial score (nSPS) is 23.1. The Balaban J connectivity index is 4.43. The van der Waals surface area contributed by atoms with Crippen LogP contribution in [0, 0.1) is 0 Å². The first-order valence-electron chi connectivity index (χ1n) is 0.926. The molecule has 7 heteroatoms. The molecular formula is BrF5S. The molecule has 0 aliphatic rings. The molecule has 0 N–H and O–H groups in total. The lowest BCUT2D eigenvalue weighted by molar-refractivity contribution is 0.405. The molecule has 0 unspecified atom stereocenters. The Hall–Kier alpha value is 0.480. The fraction of sp³-hybridized carbons (Fsp3) is 0. The smallest absolute Gasteiger partial charge is 0.0886 e. The van der Waals surface area contributed by atoms with Crippen LogP contribution in [0.15, 0.2) is 0 Å². The highest BCUT2D eigenvalue weighted by Crippen LogP contribution is 3.03. The van der Waals surface area contributed by atoms with E-state index >= 15 is 0 Å². The van der Waals surface area contributed by atoms with Gasteiger partial charge in [0.25, 0.3) is 0 Å². The molecular weight excluding hydrogens is 207 g/mol. The summed E-state index contributed by atoms with van der Waals surface area (Å²) in [6.07, 6.45) is 0. The molecule has 7 heavy (non-hydrogen) atoms. The Morgan fingerprint density at radius 3 is 0.857 bits per heavy atom. The van der Waals surface area contributed by atoms with Crippen molar-refractivity contribution >= 4 is 23.5 Å². The molecule has 0 aliphatic heterocycles. The summed E-state index contributed by atoms with van der Waals surface area (Å²) in [5, 5.41) is 0. The van der Waals surface area contributed by atoms with Crippen molar-refractivity contribution in [2.24, 2.45) is 0 Å². The van der Waals surface area contributed by atoms with Crippen LogP contribution in [0.3, 0.4) is 0 Å². The third kappa shape index (κ3) is 564. The van der Waals surface area contributed by atoms with Gasteiger partial charge in [-0.1, -0.05) is 19.4 Å². The molecule has 0 saturated heterocycles. The molecule has 0 aromatic heterocycles. The largest absolute Gasteiger partial charge is 0.337 e. The van der Waals surface area contributed by atoms with Crippen molar-refractivity contribution in [1.29, 1.82) is 0 Å². The van der Waals surface area contributed by atoms with Gasteiger partial charge in [-0.25, -0.2) is 0 Å². The van der Waals surface area contributed by atoms with Crippen molar-refractivity contribution in [3.05, 3.63) is 0 Å². The molecule has 0 aromatic rings. The summed E-state index contributed by atoms with van der Waals surface area (Å²) in [7, 11) is -9.16. The SMILES string of the molecule is FS(F)(F)(F)(F)Br. The summed E-state index contributed by atoms with van der Waals surface area (Å²) in [4.78, 5) is 0. The number of rotatable bonds is 0. The van der Waals surface area contributed by atoms with Gasteiger partial charge in [-0.05, 0) is 0 Å². The quantitative estimate of drug-likeness (QED) is 0.532. The Bertz CT molecular complexity index is 66.6. The van der Waals surface area contributed by atoms with E-state index in [1.807, 2.05) is 0 Å². The van der Waals surface area contributed by atoms with E-state index in [2.05, 4.69) is 0 Å². The van der Waals surface area contributed by atoms with Crippen molar-refractivity contribution in [3.63, 3.8) is 0 Å². The van der Waals surface area contributed by atoms with Gasteiger partial charge < -0.3 is 0 Å². The predicted molar refractivity (Wildman–Crippen MR) is 22.1 cm³/mol. The summed E-state index contributed by atoms with van der Waals surface area (Å²) in [5.74, 6) is 0. The molecule has 0 aromatic carbocycles. The highest BCUT2D eigenvalue weighted by atomic mass is 79.9. The van der Waals surface area contributed by atoms with E-state index in [0.29, 0.717) is 14.8 Å². The van der Waals surface area contributed by atoms with Gasteiger partial charge in [0.2, 0.25) is 0 Å². The van der Waals surface area contributed by atoms with E-state index in [-0.39, 0.29) is 0 Å². The van der Waals surface area contributed by atoms with Crippen molar-refractivity contribution in [3.8, 4) is 0 Å². The lowest BCUT2D eigenvalue weighted by atomic mass is 18.6. The number of halogens is 6. The number of hydrogen-bond acceptors (Lipinski definition) is 0. The zero-order valence-electron chi connectivity index (χ0n) is 2.68. The van der Waals surface area contributed by atoms with E-state index in [9.17, 15) is 19.4 Å². The summed E-state index contributed by atoms with van der Waals surface area (Å²) >= 11 is 0.368. The lowest BCUT2D eigenvalue weighted by Gasteiger charge is -2.32. The summed E-state index contributed by atoms with van der Waals surface area (Å²) < 4.78 is 52.2. The van der Waals surface area contributed by atoms with E-state index in [4.69, 9.17) is 0 Å². The Labute approximate surface area is 43.6 Å². The maximum atomic E-state index is 10.4. The van der Waals surface area contributed by atoms with Crippen LogP contribution in [0.5, 0.6) is 0 Å². The van der Waals surface area contributed by atoms with Crippen LogP contribution in [0.4, 0.5) is 19.4 Å². The molecule has 0 spiro atoms. The first-order valence-corrected chi connectivity index (χ1v) is 4.72. The highest BCUT2D eigenvalue weighted by molar-refractivity contribution is 9.62. The van der Waals surface area contributed by atoms with Gasteiger partial charge in [0.1, 0.15) is 14.8 Å². The van der Waals surface area contributed by atoms with Crippen LogP contribution in [0.2, 0.25) is 0 Å². The summed E-state index contributed by atoms with van der Waals surface area (Å²) in [6, 6.07) is 0. The molecule has 0 atom stereocenters. The third-order valence-electron chi connectivity index (χ3n) is 0. The summed E-state index contributed by atoms with van der Waals surface area (Å²) in [5.41, 5.74) is 0. The van der Waals surface area contributed by atoms with E-state index < -0.39 is 8.66 Å². The summed E-state index contributed by atoms with van der Waals surface area (Å²) in [6.45, 7) is 0. The number of hydrogen-bond donors (Lipinski definition) is 0. The van der Waals surface area contributed by atoms with Crippen LogP contribution >= 0.6 is 23.5 Å². The van der Waals surface area contributed by atoms with Crippen molar-refractivity contribution in [1.82, 2.24) is 0 Å². The van der Waals surface area contributed by atoms with Crippen molar-refractivity contribution in [2.45, 2.75) is 0 Å². The fourth-order valence-electron chi connectivity index (χ4n) is 0. The minimum absolute atomic E-state index is 0.368. The van der Waals surface area contributed by atoms with Crippen LogP contribution in [-0.4, -0.2) is 0 Å². The molecule has 0 heterocycles. The van der Waals surface area contributed by atoms with E-state index in [1.54, 1.807) is 0 Å². The first-order chi connectivity index (χ1) is 2.45. The average Bonchev–Trinajstić information content (AvgIpc) is 0.592. The van der Waals surface area contributed by atoms with Crippen LogP contribution in [-0.2, 0) is 0 Å². The lowest BCUT2D eigenvalue weighted by Crippen LogP contribution is -1.88. The zero-order chi connectivity index (χ0) is 6.41. The van der Waals surface area contributed by atoms with Crippen LogP contribution < -0.4 is 0 Å². The van der Waals surface area contributed by atoms with Crippen LogP contribution in [0.1, 0.15) is 0 Å². The van der Waals surface area contributed by atoms with Gasteiger partial charge in [0.05, 0.1) is 0 Å². The Kier molecular flexibility index (Phi) is 0.868. The van der Waals surface area contributed by atoms with Gasteiger partial charge in [0.15, 0.2) is 0 Å². The van der Waals surface area contributed by atoms with Gasteiger partial charge >= 0.3 is 8.66 Å². The zero-order valence-corrected chi connectivity index (χ0v) is 5.08. The van der Waals surface area contributed by atoms with Crippen molar-refractivity contribution < 1.29 is 19.4 Å². The standard InChI is InChI=1S/BrF5S/c1-7(2,3,4,5)6. The molecule has 0 nitrogen and oxygen atoms in total. The molecule has 0 amide bonds. The molecule has 0 fully saturated rings.